The maximum atomic E-state index is 13.0. The van der Waals surface area contributed by atoms with Crippen molar-refractivity contribution in [1.82, 2.24) is 4.90 Å². The molecule has 0 saturated heterocycles. The lowest BCUT2D eigenvalue weighted by Gasteiger charge is -2.22. The van der Waals surface area contributed by atoms with Gasteiger partial charge in [-0.1, -0.05) is 0 Å². The fourth-order valence-electron chi connectivity index (χ4n) is 2.09. The van der Waals surface area contributed by atoms with Gasteiger partial charge in [0.15, 0.2) is 0 Å². The molecule has 0 atom stereocenters. The minimum absolute atomic E-state index is 0.213. The van der Waals surface area contributed by atoms with Crippen LogP contribution in [0.15, 0.2) is 0 Å². The Morgan fingerprint density at radius 3 is 1.74 bits per heavy atom. The third kappa shape index (κ3) is 6.40. The number of benzene rings is 1. The van der Waals surface area contributed by atoms with Crippen molar-refractivity contribution in [2.45, 2.75) is 20.8 Å². The van der Waals surface area contributed by atoms with Gasteiger partial charge in [0.1, 0.15) is 6.54 Å². The van der Waals surface area contributed by atoms with Gasteiger partial charge in [-0.2, -0.15) is 0 Å². The molecule has 1 rings (SSSR count). The van der Waals surface area contributed by atoms with Crippen LogP contribution in [0.5, 0.6) is 0 Å². The average molecular weight is 713 g/mol. The molecule has 0 fully saturated rings. The van der Waals surface area contributed by atoms with E-state index < -0.39 is 11.9 Å². The Hall–Kier alpha value is -0.710. The summed E-state index contributed by atoms with van der Waals surface area (Å²) in [6.07, 6.45) is 0. The lowest BCUT2D eigenvalue weighted by molar-refractivity contribution is -0.143. The van der Waals surface area contributed by atoms with E-state index in [4.69, 9.17) is 4.74 Å². The van der Waals surface area contributed by atoms with Gasteiger partial charge in [-0.05, 0) is 74.7 Å². The molecule has 1 aromatic carbocycles. The molecule has 27 heavy (non-hydrogen) atoms. The first kappa shape index (κ1) is 24.3. The van der Waals surface area contributed by atoms with Crippen LogP contribution in [0.25, 0.3) is 0 Å². The van der Waals surface area contributed by atoms with Crippen LogP contribution < -0.4 is 10.6 Å². The minimum Gasteiger partial charge on any atom is -0.465 e. The van der Waals surface area contributed by atoms with E-state index in [-0.39, 0.29) is 30.5 Å². The quantitative estimate of drug-likeness (QED) is 0.349. The molecule has 0 saturated carbocycles. The maximum absolute atomic E-state index is 13.0. The number of ether oxygens (including phenoxy) is 1. The van der Waals surface area contributed by atoms with Gasteiger partial charge in [-0.25, -0.2) is 0 Å². The van der Waals surface area contributed by atoms with Crippen LogP contribution in [-0.4, -0.2) is 48.8 Å². The maximum Gasteiger partial charge on any atom is 0.325 e. The highest BCUT2D eigenvalue weighted by atomic mass is 127. The number of anilines is 2. The van der Waals surface area contributed by atoms with Crippen LogP contribution in [0.2, 0.25) is 0 Å². The molecule has 0 unspecified atom stereocenters. The monoisotopic (exact) mass is 713 g/mol. The first-order chi connectivity index (χ1) is 12.5. The van der Waals surface area contributed by atoms with E-state index in [0.717, 1.165) is 0 Å². The van der Waals surface area contributed by atoms with E-state index in [2.05, 4.69) is 10.6 Å². The van der Waals surface area contributed by atoms with Crippen LogP contribution >= 0.6 is 67.8 Å². The summed E-state index contributed by atoms with van der Waals surface area (Å²) >= 11 is 5.96. The largest absolute Gasteiger partial charge is 0.465 e. The van der Waals surface area contributed by atoms with Crippen molar-refractivity contribution in [3.63, 3.8) is 0 Å². The standard InChI is InChI=1S/C16H18I3N3O5/c1-5-27-9(25)6-22(4)16(26)10-11(17)14(20-7(2)23)13(19)15(12(10)18)21-8(3)24/h5-6H2,1-4H3,(H,20,23)(H,21,24). The first-order valence-electron chi connectivity index (χ1n) is 7.67. The Labute approximate surface area is 197 Å². The van der Waals surface area contributed by atoms with E-state index in [9.17, 15) is 19.2 Å². The summed E-state index contributed by atoms with van der Waals surface area (Å²) in [5, 5.41) is 5.41. The van der Waals surface area contributed by atoms with E-state index in [1.54, 1.807) is 6.92 Å². The molecule has 0 bridgehead atoms. The van der Waals surface area contributed by atoms with E-state index >= 15 is 0 Å². The predicted octanol–water partition coefficient (Wildman–Crippen LogP) is 3.05. The molecule has 3 amide bonds. The summed E-state index contributed by atoms with van der Waals surface area (Å²) in [5.74, 6) is -1.56. The molecule has 0 aliphatic rings. The molecule has 8 nitrogen and oxygen atoms in total. The number of carbonyl (C=O) groups is 4. The van der Waals surface area contributed by atoms with Gasteiger partial charge in [0.2, 0.25) is 11.8 Å². The second kappa shape index (κ2) is 10.7. The van der Waals surface area contributed by atoms with Crippen molar-refractivity contribution >= 4 is 103 Å². The molecule has 0 aliphatic heterocycles. The Balaban J connectivity index is 3.51. The van der Waals surface area contributed by atoms with Gasteiger partial charge < -0.3 is 20.3 Å². The molecule has 11 heteroatoms. The zero-order chi connectivity index (χ0) is 20.9. The lowest BCUT2D eigenvalue weighted by Crippen LogP contribution is -2.34. The number of hydrogen-bond acceptors (Lipinski definition) is 5. The van der Waals surface area contributed by atoms with Crippen LogP contribution in [0.3, 0.4) is 0 Å². The highest BCUT2D eigenvalue weighted by Crippen LogP contribution is 2.39. The molecule has 148 valence electrons. The summed E-state index contributed by atoms with van der Waals surface area (Å²) in [5.41, 5.74) is 1.15. The van der Waals surface area contributed by atoms with Crippen LogP contribution in [0, 0.1) is 10.7 Å². The van der Waals surface area contributed by atoms with Crippen LogP contribution in [-0.2, 0) is 19.1 Å². The third-order valence-electron chi connectivity index (χ3n) is 3.15. The average Bonchev–Trinajstić information content (AvgIpc) is 2.55. The molecule has 0 radical (unpaired) electrons. The number of rotatable bonds is 6. The van der Waals surface area contributed by atoms with Gasteiger partial charge in [-0.3, -0.25) is 19.2 Å². The number of esters is 1. The molecular weight excluding hydrogens is 695 g/mol. The lowest BCUT2D eigenvalue weighted by atomic mass is 10.1. The van der Waals surface area contributed by atoms with Crippen molar-refractivity contribution in [1.29, 1.82) is 0 Å². The Morgan fingerprint density at radius 2 is 1.37 bits per heavy atom. The second-order valence-electron chi connectivity index (χ2n) is 5.40. The van der Waals surface area contributed by atoms with Crippen LogP contribution in [0.4, 0.5) is 11.4 Å². The fourth-order valence-corrected chi connectivity index (χ4v) is 6.25. The molecule has 1 aromatic rings. The Kier molecular flexibility index (Phi) is 9.67. The summed E-state index contributed by atoms with van der Waals surface area (Å²) in [7, 11) is 1.49. The van der Waals surface area contributed by atoms with Gasteiger partial charge in [0, 0.05) is 20.9 Å². The number of likely N-dealkylation sites (N-methyl/N-ethyl adjacent to an activating group) is 1. The number of nitrogens with one attached hydrogen (secondary N) is 2. The van der Waals surface area contributed by atoms with Gasteiger partial charge in [0.25, 0.3) is 5.91 Å². The van der Waals surface area contributed by atoms with Crippen molar-refractivity contribution < 1.29 is 23.9 Å². The number of amides is 3. The summed E-state index contributed by atoms with van der Waals surface area (Å²) in [6.45, 7) is 4.41. The van der Waals surface area contributed by atoms with Crippen molar-refractivity contribution in [2.24, 2.45) is 0 Å². The fraction of sp³-hybridized carbons (Fsp3) is 0.375. The smallest absolute Gasteiger partial charge is 0.325 e. The molecule has 0 aromatic heterocycles. The minimum atomic E-state index is -0.520. The van der Waals surface area contributed by atoms with Gasteiger partial charge >= 0.3 is 5.97 Å². The third-order valence-corrected chi connectivity index (χ3v) is 6.39. The molecule has 0 aliphatic carbocycles. The zero-order valence-electron chi connectivity index (χ0n) is 15.0. The highest BCUT2D eigenvalue weighted by molar-refractivity contribution is 14.1. The Bertz CT molecular complexity index is 755. The highest BCUT2D eigenvalue weighted by Gasteiger charge is 2.28. The normalized spacial score (nSPS) is 10.2. The van der Waals surface area contributed by atoms with Crippen molar-refractivity contribution in [2.75, 3.05) is 30.8 Å². The number of carbonyl (C=O) groups excluding carboxylic acids is 4. The second-order valence-corrected chi connectivity index (χ2v) is 8.63. The number of nitrogens with zero attached hydrogens (tertiary/aromatic N) is 1. The van der Waals surface area contributed by atoms with E-state index in [0.29, 0.717) is 22.1 Å². The number of hydrogen-bond donors (Lipinski definition) is 2. The zero-order valence-corrected chi connectivity index (χ0v) is 21.5. The van der Waals surface area contributed by atoms with E-state index in [1.807, 2.05) is 67.8 Å². The van der Waals surface area contributed by atoms with Crippen molar-refractivity contribution in [3.05, 3.63) is 16.3 Å². The van der Waals surface area contributed by atoms with Gasteiger partial charge in [-0.15, -0.1) is 0 Å². The first-order valence-corrected chi connectivity index (χ1v) is 10.9. The molecule has 0 spiro atoms. The topological polar surface area (TPSA) is 105 Å². The molecule has 2 N–H and O–H groups in total. The Morgan fingerprint density at radius 1 is 0.926 bits per heavy atom. The van der Waals surface area contributed by atoms with Crippen molar-refractivity contribution in [3.8, 4) is 0 Å². The van der Waals surface area contributed by atoms with E-state index in [1.165, 1.54) is 25.8 Å². The SMILES string of the molecule is CCOC(=O)CN(C)C(=O)c1c(I)c(NC(C)=O)c(I)c(NC(C)=O)c1I. The molecular formula is C16H18I3N3O5. The number of halogens is 3. The summed E-state index contributed by atoms with van der Waals surface area (Å²) in [4.78, 5) is 49.1. The van der Waals surface area contributed by atoms with Gasteiger partial charge in [0.05, 0.1) is 34.3 Å². The summed E-state index contributed by atoms with van der Waals surface area (Å²) < 4.78 is 6.53. The predicted molar refractivity (Wildman–Crippen MR) is 127 cm³/mol. The summed E-state index contributed by atoms with van der Waals surface area (Å²) in [6, 6.07) is 0. The molecule has 0 heterocycles. The van der Waals surface area contributed by atoms with Crippen LogP contribution in [0.1, 0.15) is 31.1 Å².